The molecule has 0 radical (unpaired) electrons. The summed E-state index contributed by atoms with van der Waals surface area (Å²) >= 11 is 0. The van der Waals surface area contributed by atoms with Crippen molar-refractivity contribution in [2.24, 2.45) is 5.92 Å². The monoisotopic (exact) mass is 428 g/mol. The second kappa shape index (κ2) is 7.47. The maximum Gasteiger partial charge on any atom is 0.253 e. The lowest BCUT2D eigenvalue weighted by atomic mass is 9.83. The van der Waals surface area contributed by atoms with E-state index in [-0.39, 0.29) is 5.91 Å². The van der Waals surface area contributed by atoms with Gasteiger partial charge in [0.25, 0.3) is 5.91 Å². The van der Waals surface area contributed by atoms with Crippen LogP contribution >= 0.6 is 0 Å². The van der Waals surface area contributed by atoms with Gasteiger partial charge in [0.2, 0.25) is 5.91 Å². The number of aromatic nitrogens is 2. The Labute approximate surface area is 187 Å². The molecule has 1 aromatic heterocycles. The molecule has 2 atom stereocenters. The van der Waals surface area contributed by atoms with Gasteiger partial charge in [-0.3, -0.25) is 14.2 Å². The summed E-state index contributed by atoms with van der Waals surface area (Å²) in [5, 5.41) is 0. The van der Waals surface area contributed by atoms with E-state index in [1.165, 1.54) is 0 Å². The van der Waals surface area contributed by atoms with Crippen LogP contribution in [0.25, 0.3) is 16.7 Å². The Morgan fingerprint density at radius 2 is 1.84 bits per heavy atom. The van der Waals surface area contributed by atoms with E-state index < -0.39 is 0 Å². The summed E-state index contributed by atoms with van der Waals surface area (Å²) < 4.78 is 2.13. The highest BCUT2D eigenvalue weighted by Crippen LogP contribution is 2.39. The Kier molecular flexibility index (Phi) is 4.56. The smallest absolute Gasteiger partial charge is 0.253 e. The summed E-state index contributed by atoms with van der Waals surface area (Å²) in [7, 11) is 0. The molecule has 1 saturated carbocycles. The van der Waals surface area contributed by atoms with Gasteiger partial charge in [-0.2, -0.15) is 0 Å². The molecule has 1 aliphatic carbocycles. The van der Waals surface area contributed by atoms with Crippen LogP contribution in [-0.2, 0) is 4.79 Å². The second-order valence-corrected chi connectivity index (χ2v) is 9.47. The van der Waals surface area contributed by atoms with Crippen LogP contribution in [0.5, 0.6) is 0 Å². The van der Waals surface area contributed by atoms with Crippen molar-refractivity contribution in [1.82, 2.24) is 19.4 Å². The maximum absolute atomic E-state index is 13.4. The van der Waals surface area contributed by atoms with E-state index in [1.54, 1.807) is 0 Å². The molecule has 3 aliphatic rings. The van der Waals surface area contributed by atoms with Gasteiger partial charge in [0.1, 0.15) is 5.82 Å². The molecule has 2 aliphatic heterocycles. The number of nitrogens with zero attached hydrogens (tertiary/aromatic N) is 4. The number of rotatable bonds is 3. The van der Waals surface area contributed by atoms with E-state index in [4.69, 9.17) is 4.98 Å². The Morgan fingerprint density at radius 3 is 2.62 bits per heavy atom. The van der Waals surface area contributed by atoms with E-state index >= 15 is 0 Å². The number of imidazole rings is 1. The summed E-state index contributed by atoms with van der Waals surface area (Å²) in [4.78, 5) is 34.7. The van der Waals surface area contributed by atoms with Crippen LogP contribution in [0.1, 0.15) is 48.3 Å². The number of benzene rings is 2. The van der Waals surface area contributed by atoms with E-state index in [9.17, 15) is 9.59 Å². The number of para-hydroxylation sites is 1. The minimum absolute atomic E-state index is 0.0761. The third kappa shape index (κ3) is 3.20. The number of carbonyl (C=O) groups is 2. The van der Waals surface area contributed by atoms with Crippen LogP contribution < -0.4 is 0 Å². The third-order valence-corrected chi connectivity index (χ3v) is 7.38. The number of fused-ring (bicyclic) bond motifs is 2. The predicted molar refractivity (Wildman–Crippen MR) is 123 cm³/mol. The standard InChI is InChI=1S/C26H28N4O2/c1-17-27-22-15-18(7-11-24(22)29(17)20-5-3-2-4-6-20)26(32)28-14-13-23-19(16-28)8-12-25(31)30(23)21-9-10-21/h2-7,11,15,19,21,23H,8-10,12-14,16H2,1H3/t19-,23-/m0/s1. The first kappa shape index (κ1) is 19.5. The van der Waals surface area contributed by atoms with Crippen LogP contribution in [0.3, 0.4) is 0 Å². The van der Waals surface area contributed by atoms with Gasteiger partial charge in [0.05, 0.1) is 11.0 Å². The first-order valence-electron chi connectivity index (χ1n) is 11.7. The zero-order chi connectivity index (χ0) is 21.8. The van der Waals surface area contributed by atoms with Gasteiger partial charge < -0.3 is 9.80 Å². The molecule has 6 heteroatoms. The van der Waals surface area contributed by atoms with Gasteiger partial charge in [-0.05, 0) is 68.9 Å². The molecule has 0 unspecified atom stereocenters. The lowest BCUT2D eigenvalue weighted by Crippen LogP contribution is -2.57. The Bertz CT molecular complexity index is 1200. The lowest BCUT2D eigenvalue weighted by molar-refractivity contribution is -0.141. The molecular weight excluding hydrogens is 400 g/mol. The maximum atomic E-state index is 13.4. The molecule has 2 saturated heterocycles. The fourth-order valence-corrected chi connectivity index (χ4v) is 5.72. The van der Waals surface area contributed by atoms with E-state index in [1.807, 2.05) is 48.2 Å². The Morgan fingerprint density at radius 1 is 1.03 bits per heavy atom. The number of piperidine rings is 2. The van der Waals surface area contributed by atoms with Crippen LogP contribution in [0.15, 0.2) is 48.5 Å². The highest BCUT2D eigenvalue weighted by Gasteiger charge is 2.45. The summed E-state index contributed by atoms with van der Waals surface area (Å²) in [5.74, 6) is 1.70. The molecule has 0 bridgehead atoms. The normalized spacial score (nSPS) is 23.5. The van der Waals surface area contributed by atoms with Crippen molar-refractivity contribution in [1.29, 1.82) is 0 Å². The van der Waals surface area contributed by atoms with Gasteiger partial charge in [-0.25, -0.2) is 4.98 Å². The van der Waals surface area contributed by atoms with Crippen LogP contribution in [0.2, 0.25) is 0 Å². The zero-order valence-electron chi connectivity index (χ0n) is 18.4. The molecule has 0 N–H and O–H groups in total. The fourth-order valence-electron chi connectivity index (χ4n) is 5.72. The molecule has 0 spiro atoms. The summed E-state index contributed by atoms with van der Waals surface area (Å²) in [5.41, 5.74) is 3.62. The van der Waals surface area contributed by atoms with Gasteiger partial charge >= 0.3 is 0 Å². The minimum atomic E-state index is 0.0761. The van der Waals surface area contributed by atoms with Gasteiger partial charge in [-0.1, -0.05) is 18.2 Å². The quantitative estimate of drug-likeness (QED) is 0.635. The number of aryl methyl sites for hydroxylation is 1. The Hall–Kier alpha value is -3.15. The fraction of sp³-hybridized carbons (Fsp3) is 0.423. The SMILES string of the molecule is Cc1nc2cc(C(=O)N3CC[C@H]4[C@@H](CCC(=O)N4C4CC4)C3)ccc2n1-c1ccccc1. The average Bonchev–Trinajstić information content (AvgIpc) is 3.59. The van der Waals surface area contributed by atoms with Crippen molar-refractivity contribution in [2.75, 3.05) is 13.1 Å². The minimum Gasteiger partial charge on any atom is -0.338 e. The van der Waals surface area contributed by atoms with Crippen LogP contribution in [-0.4, -0.2) is 56.3 Å². The first-order valence-corrected chi connectivity index (χ1v) is 11.7. The number of carbonyl (C=O) groups excluding carboxylic acids is 2. The molecule has 3 fully saturated rings. The molecule has 6 nitrogen and oxygen atoms in total. The number of hydrogen-bond acceptors (Lipinski definition) is 3. The third-order valence-electron chi connectivity index (χ3n) is 7.38. The van der Waals surface area contributed by atoms with Crippen LogP contribution in [0.4, 0.5) is 0 Å². The largest absolute Gasteiger partial charge is 0.338 e. The lowest BCUT2D eigenvalue weighted by Gasteiger charge is -2.47. The molecule has 2 amide bonds. The van der Waals surface area contributed by atoms with Crippen molar-refractivity contribution in [2.45, 2.75) is 51.1 Å². The summed E-state index contributed by atoms with van der Waals surface area (Å²) in [6.45, 7) is 3.46. The van der Waals surface area contributed by atoms with Crippen molar-refractivity contribution in [3.8, 4) is 5.69 Å². The Balaban J connectivity index is 1.24. The topological polar surface area (TPSA) is 58.4 Å². The molecule has 2 aromatic carbocycles. The first-order chi connectivity index (χ1) is 15.6. The molecule has 3 aromatic rings. The van der Waals surface area contributed by atoms with Crippen molar-refractivity contribution in [3.63, 3.8) is 0 Å². The highest BCUT2D eigenvalue weighted by atomic mass is 16.2. The number of hydrogen-bond donors (Lipinski definition) is 0. The molecule has 3 heterocycles. The summed E-state index contributed by atoms with van der Waals surface area (Å²) in [6.07, 6.45) is 4.71. The highest BCUT2D eigenvalue weighted by molar-refractivity contribution is 5.97. The zero-order valence-corrected chi connectivity index (χ0v) is 18.4. The van der Waals surface area contributed by atoms with Crippen molar-refractivity contribution in [3.05, 3.63) is 59.9 Å². The van der Waals surface area contributed by atoms with E-state index in [2.05, 4.69) is 21.6 Å². The molecule has 6 rings (SSSR count). The van der Waals surface area contributed by atoms with E-state index in [0.29, 0.717) is 42.4 Å². The van der Waals surface area contributed by atoms with Crippen molar-refractivity contribution < 1.29 is 9.59 Å². The van der Waals surface area contributed by atoms with Gasteiger partial charge in [0, 0.05) is 42.8 Å². The average molecular weight is 429 g/mol. The second-order valence-electron chi connectivity index (χ2n) is 9.47. The molecule has 164 valence electrons. The van der Waals surface area contributed by atoms with Gasteiger partial charge in [-0.15, -0.1) is 0 Å². The molecule has 32 heavy (non-hydrogen) atoms. The molecular formula is C26H28N4O2. The van der Waals surface area contributed by atoms with E-state index in [0.717, 1.165) is 54.8 Å². The number of likely N-dealkylation sites (tertiary alicyclic amines) is 2. The number of amides is 2. The predicted octanol–water partition coefficient (Wildman–Crippen LogP) is 3.95. The summed E-state index contributed by atoms with van der Waals surface area (Å²) in [6, 6.07) is 16.8. The van der Waals surface area contributed by atoms with Crippen LogP contribution in [0, 0.1) is 12.8 Å². The van der Waals surface area contributed by atoms with Crippen molar-refractivity contribution >= 4 is 22.8 Å². The van der Waals surface area contributed by atoms with Gasteiger partial charge in [0.15, 0.2) is 0 Å².